The summed E-state index contributed by atoms with van der Waals surface area (Å²) in [6.07, 6.45) is 1.47. The number of hydrogen-bond acceptors (Lipinski definition) is 2. The molecule has 0 fully saturated rings. The Morgan fingerprint density at radius 2 is 2.17 bits per heavy atom. The summed E-state index contributed by atoms with van der Waals surface area (Å²) >= 11 is 11.7. The number of benzene rings is 1. The van der Waals surface area contributed by atoms with E-state index in [-0.39, 0.29) is 10.9 Å². The highest BCUT2D eigenvalue weighted by Crippen LogP contribution is 2.25. The van der Waals surface area contributed by atoms with Crippen LogP contribution in [0.4, 0.5) is 0 Å². The van der Waals surface area contributed by atoms with Gasteiger partial charge in [0.25, 0.3) is 5.91 Å². The Kier molecular flexibility index (Phi) is 6.36. The molecule has 7 heteroatoms. The van der Waals surface area contributed by atoms with E-state index < -0.39 is 0 Å². The molecule has 0 radical (unpaired) electrons. The monoisotopic (exact) mass is 286 g/mol. The van der Waals surface area contributed by atoms with Gasteiger partial charge in [0, 0.05) is 18.0 Å². The first-order valence-electron chi connectivity index (χ1n) is 5.40. The van der Waals surface area contributed by atoms with Crippen LogP contribution in [0.1, 0.15) is 23.2 Å². The van der Waals surface area contributed by atoms with Gasteiger partial charge >= 0.3 is 0 Å². The molecule has 0 unspecified atom stereocenters. The van der Waals surface area contributed by atoms with Crippen molar-refractivity contribution in [2.75, 3.05) is 13.1 Å². The van der Waals surface area contributed by atoms with Gasteiger partial charge in [0.1, 0.15) is 0 Å². The zero-order valence-electron chi connectivity index (χ0n) is 9.57. The molecule has 96 valence electrons. The third-order valence-corrected chi connectivity index (χ3v) is 3.05. The van der Waals surface area contributed by atoms with E-state index in [9.17, 15) is 4.79 Å². The minimum absolute atomic E-state index is 0.255. The number of carbonyl (C=O) groups is 1. The largest absolute Gasteiger partial charge is 0.352 e. The summed E-state index contributed by atoms with van der Waals surface area (Å²) in [6.45, 7) is 0.937. The van der Waals surface area contributed by atoms with Gasteiger partial charge in [0.15, 0.2) is 0 Å². The van der Waals surface area contributed by atoms with Gasteiger partial charge in [-0.15, -0.1) is 0 Å². The molecule has 1 N–H and O–H groups in total. The topological polar surface area (TPSA) is 77.9 Å². The fourth-order valence-corrected chi connectivity index (χ4v) is 1.71. The molecule has 1 aromatic carbocycles. The number of amides is 1. The molecule has 5 nitrogen and oxygen atoms in total. The summed E-state index contributed by atoms with van der Waals surface area (Å²) in [6, 6.07) is 4.91. The number of azide groups is 1. The fraction of sp³-hybridized carbons (Fsp3) is 0.364. The highest BCUT2D eigenvalue weighted by atomic mass is 35.5. The van der Waals surface area contributed by atoms with Gasteiger partial charge in [-0.05, 0) is 30.5 Å². The van der Waals surface area contributed by atoms with Gasteiger partial charge in [-0.25, -0.2) is 0 Å². The SMILES string of the molecule is [N-]=[N+]=NCCCCNC(=O)c1cccc(Cl)c1Cl. The van der Waals surface area contributed by atoms with Crippen molar-refractivity contribution in [1.29, 1.82) is 0 Å². The van der Waals surface area contributed by atoms with Gasteiger partial charge in [-0.1, -0.05) is 34.4 Å². The van der Waals surface area contributed by atoms with Crippen LogP contribution in [0.15, 0.2) is 23.3 Å². The Hall–Kier alpha value is -1.42. The molecule has 18 heavy (non-hydrogen) atoms. The van der Waals surface area contributed by atoms with Crippen LogP contribution in [-0.4, -0.2) is 19.0 Å². The van der Waals surface area contributed by atoms with Gasteiger partial charge in [0.05, 0.1) is 15.6 Å². The zero-order chi connectivity index (χ0) is 13.4. The van der Waals surface area contributed by atoms with Crippen molar-refractivity contribution in [3.63, 3.8) is 0 Å². The van der Waals surface area contributed by atoms with Gasteiger partial charge < -0.3 is 5.32 Å². The van der Waals surface area contributed by atoms with Crippen molar-refractivity contribution in [3.8, 4) is 0 Å². The Labute approximate surface area is 115 Å². The minimum Gasteiger partial charge on any atom is -0.352 e. The van der Waals surface area contributed by atoms with E-state index in [1.165, 1.54) is 0 Å². The Balaban J connectivity index is 2.41. The first kappa shape index (κ1) is 14.6. The van der Waals surface area contributed by atoms with Crippen molar-refractivity contribution in [1.82, 2.24) is 5.32 Å². The maximum absolute atomic E-state index is 11.8. The third-order valence-electron chi connectivity index (χ3n) is 2.23. The predicted octanol–water partition coefficient (Wildman–Crippen LogP) is 3.81. The van der Waals surface area contributed by atoms with E-state index in [1.54, 1.807) is 18.2 Å². The summed E-state index contributed by atoms with van der Waals surface area (Å²) in [5.74, 6) is -0.258. The summed E-state index contributed by atoms with van der Waals surface area (Å²) in [5.41, 5.74) is 8.44. The van der Waals surface area contributed by atoms with Crippen LogP contribution in [-0.2, 0) is 0 Å². The second-order valence-corrected chi connectivity index (χ2v) is 4.30. The molecule has 0 spiro atoms. The second-order valence-electron chi connectivity index (χ2n) is 3.52. The number of carbonyl (C=O) groups excluding carboxylic acids is 1. The number of nitrogens with one attached hydrogen (secondary N) is 1. The molecule has 1 amide bonds. The van der Waals surface area contributed by atoms with Crippen LogP contribution in [0, 0.1) is 0 Å². The minimum atomic E-state index is -0.258. The third kappa shape index (κ3) is 4.45. The summed E-state index contributed by atoms with van der Waals surface area (Å²) in [5, 5.41) is 6.74. The predicted molar refractivity (Wildman–Crippen MR) is 72.0 cm³/mol. The van der Waals surface area contributed by atoms with E-state index in [0.717, 1.165) is 12.8 Å². The second kappa shape index (κ2) is 7.82. The molecule has 0 bridgehead atoms. The number of halogens is 2. The van der Waals surface area contributed by atoms with E-state index >= 15 is 0 Å². The Morgan fingerprint density at radius 1 is 1.39 bits per heavy atom. The Morgan fingerprint density at radius 3 is 2.89 bits per heavy atom. The molecule has 0 saturated carbocycles. The van der Waals surface area contributed by atoms with Gasteiger partial charge in [-0.2, -0.15) is 0 Å². The zero-order valence-corrected chi connectivity index (χ0v) is 11.1. The number of unbranched alkanes of at least 4 members (excludes halogenated alkanes) is 1. The quantitative estimate of drug-likeness (QED) is 0.367. The molecule has 0 aromatic heterocycles. The van der Waals surface area contributed by atoms with Gasteiger partial charge in [0.2, 0.25) is 0 Å². The molecular formula is C11H12Cl2N4O. The van der Waals surface area contributed by atoms with Crippen molar-refractivity contribution in [2.24, 2.45) is 5.11 Å². The van der Waals surface area contributed by atoms with E-state index in [2.05, 4.69) is 15.3 Å². The highest BCUT2D eigenvalue weighted by molar-refractivity contribution is 6.43. The number of nitrogens with zero attached hydrogens (tertiary/aromatic N) is 3. The highest BCUT2D eigenvalue weighted by Gasteiger charge is 2.11. The van der Waals surface area contributed by atoms with Crippen molar-refractivity contribution >= 4 is 29.1 Å². The lowest BCUT2D eigenvalue weighted by Gasteiger charge is -2.07. The van der Waals surface area contributed by atoms with Crippen LogP contribution < -0.4 is 5.32 Å². The van der Waals surface area contributed by atoms with Crippen molar-refractivity contribution < 1.29 is 4.79 Å². The number of rotatable bonds is 6. The summed E-state index contributed by atoms with van der Waals surface area (Å²) in [4.78, 5) is 14.4. The van der Waals surface area contributed by atoms with Crippen molar-refractivity contribution in [2.45, 2.75) is 12.8 Å². The Bertz CT molecular complexity index is 472. The van der Waals surface area contributed by atoms with Gasteiger partial charge in [-0.3, -0.25) is 4.79 Å². The lowest BCUT2D eigenvalue weighted by Crippen LogP contribution is -2.24. The van der Waals surface area contributed by atoms with E-state index in [0.29, 0.717) is 23.7 Å². The first-order valence-corrected chi connectivity index (χ1v) is 6.15. The maximum atomic E-state index is 11.8. The average Bonchev–Trinajstić information content (AvgIpc) is 2.36. The fourth-order valence-electron chi connectivity index (χ4n) is 1.33. The lowest BCUT2D eigenvalue weighted by molar-refractivity contribution is 0.0953. The standard InChI is InChI=1S/C11H12Cl2N4O/c12-9-5-3-4-8(10(9)13)11(18)15-6-1-2-7-16-17-14/h3-5H,1-2,6-7H2,(H,15,18). The van der Waals surface area contributed by atoms with Crippen molar-refractivity contribution in [3.05, 3.63) is 44.3 Å². The lowest BCUT2D eigenvalue weighted by atomic mass is 10.2. The molecule has 0 aliphatic heterocycles. The maximum Gasteiger partial charge on any atom is 0.252 e. The molecule has 1 rings (SSSR count). The van der Waals surface area contributed by atoms with E-state index in [4.69, 9.17) is 28.7 Å². The summed E-state index contributed by atoms with van der Waals surface area (Å²) in [7, 11) is 0. The molecule has 0 atom stereocenters. The van der Waals surface area contributed by atoms with Crippen LogP contribution in [0.25, 0.3) is 10.4 Å². The van der Waals surface area contributed by atoms with Crippen LogP contribution in [0.3, 0.4) is 0 Å². The summed E-state index contributed by atoms with van der Waals surface area (Å²) < 4.78 is 0. The molecule has 0 aliphatic carbocycles. The van der Waals surface area contributed by atoms with Crippen LogP contribution >= 0.6 is 23.2 Å². The number of hydrogen-bond donors (Lipinski definition) is 1. The molecular weight excluding hydrogens is 275 g/mol. The molecule has 1 aromatic rings. The van der Waals surface area contributed by atoms with E-state index in [1.807, 2.05) is 0 Å². The molecule has 0 saturated heterocycles. The normalized spacial score (nSPS) is 9.67. The molecule has 0 heterocycles. The smallest absolute Gasteiger partial charge is 0.252 e. The van der Waals surface area contributed by atoms with Crippen LogP contribution in [0.5, 0.6) is 0 Å². The first-order chi connectivity index (χ1) is 8.66. The average molecular weight is 287 g/mol. The van der Waals surface area contributed by atoms with Crippen LogP contribution in [0.2, 0.25) is 10.0 Å². The molecule has 0 aliphatic rings.